The van der Waals surface area contributed by atoms with Crippen LogP contribution in [0.1, 0.15) is 13.8 Å². The third-order valence-electron chi connectivity index (χ3n) is 2.62. The zero-order chi connectivity index (χ0) is 10.9. The third-order valence-corrected chi connectivity index (χ3v) is 4.88. The summed E-state index contributed by atoms with van der Waals surface area (Å²) in [5.74, 6) is 0. The number of aliphatic hydroxyl groups excluding tert-OH is 1. The van der Waals surface area contributed by atoms with Crippen molar-refractivity contribution in [3.05, 3.63) is 0 Å². The van der Waals surface area contributed by atoms with E-state index in [0.29, 0.717) is 13.1 Å². The van der Waals surface area contributed by atoms with E-state index in [1.165, 1.54) is 11.4 Å². The fourth-order valence-electron chi connectivity index (χ4n) is 1.54. The Hall–Kier alpha value is -0.170. The van der Waals surface area contributed by atoms with Crippen LogP contribution < -0.4 is 5.32 Å². The molecule has 1 aliphatic heterocycles. The Morgan fingerprint density at radius 1 is 1.43 bits per heavy atom. The van der Waals surface area contributed by atoms with Crippen molar-refractivity contribution in [1.82, 2.24) is 9.62 Å². The van der Waals surface area contributed by atoms with Crippen molar-refractivity contribution in [2.45, 2.75) is 31.2 Å². The number of aliphatic hydroxyl groups is 1. The summed E-state index contributed by atoms with van der Waals surface area (Å²) in [6.07, 6.45) is -0.603. The molecule has 84 valence electrons. The summed E-state index contributed by atoms with van der Waals surface area (Å²) in [6.45, 7) is 4.26. The van der Waals surface area contributed by atoms with Gasteiger partial charge in [0.15, 0.2) is 0 Å². The monoisotopic (exact) mass is 222 g/mol. The van der Waals surface area contributed by atoms with Gasteiger partial charge in [-0.1, -0.05) is 0 Å². The van der Waals surface area contributed by atoms with Crippen LogP contribution in [0.25, 0.3) is 0 Å². The molecular weight excluding hydrogens is 204 g/mol. The van der Waals surface area contributed by atoms with Gasteiger partial charge in [-0.2, -0.15) is 4.31 Å². The summed E-state index contributed by atoms with van der Waals surface area (Å²) in [5, 5.41) is 12.0. The van der Waals surface area contributed by atoms with Crippen LogP contribution in [-0.2, 0) is 10.0 Å². The van der Waals surface area contributed by atoms with Crippen molar-refractivity contribution >= 4 is 10.0 Å². The first-order valence-corrected chi connectivity index (χ1v) is 6.23. The van der Waals surface area contributed by atoms with Crippen LogP contribution in [0.15, 0.2) is 0 Å². The molecule has 0 aromatic carbocycles. The highest BCUT2D eigenvalue weighted by molar-refractivity contribution is 7.89. The molecule has 0 saturated carbocycles. The van der Waals surface area contributed by atoms with E-state index in [1.54, 1.807) is 13.8 Å². The molecule has 0 aromatic heterocycles. The molecule has 2 atom stereocenters. The van der Waals surface area contributed by atoms with Crippen LogP contribution in [-0.4, -0.2) is 55.4 Å². The van der Waals surface area contributed by atoms with Gasteiger partial charge in [0.05, 0.1) is 17.4 Å². The minimum Gasteiger partial charge on any atom is -0.390 e. The molecule has 1 aliphatic rings. The van der Waals surface area contributed by atoms with Crippen LogP contribution >= 0.6 is 0 Å². The first-order chi connectivity index (χ1) is 6.37. The molecule has 0 amide bonds. The molecule has 0 bridgehead atoms. The zero-order valence-corrected chi connectivity index (χ0v) is 9.58. The summed E-state index contributed by atoms with van der Waals surface area (Å²) >= 11 is 0. The first-order valence-electron chi connectivity index (χ1n) is 4.73. The van der Waals surface area contributed by atoms with Gasteiger partial charge in [-0.3, -0.25) is 0 Å². The van der Waals surface area contributed by atoms with Crippen molar-refractivity contribution in [3.8, 4) is 0 Å². The summed E-state index contributed by atoms with van der Waals surface area (Å²) in [4.78, 5) is 0. The molecular formula is C8H18N2O3S. The zero-order valence-electron chi connectivity index (χ0n) is 8.77. The first kappa shape index (κ1) is 11.9. The Morgan fingerprint density at radius 3 is 2.36 bits per heavy atom. The van der Waals surface area contributed by atoms with E-state index in [-0.39, 0.29) is 6.04 Å². The van der Waals surface area contributed by atoms with E-state index >= 15 is 0 Å². The number of nitrogens with one attached hydrogen (secondary N) is 1. The van der Waals surface area contributed by atoms with Gasteiger partial charge in [0.1, 0.15) is 0 Å². The second-order valence-corrected chi connectivity index (χ2v) is 6.45. The van der Waals surface area contributed by atoms with E-state index in [1.807, 2.05) is 0 Å². The highest BCUT2D eigenvalue weighted by atomic mass is 32.2. The fraction of sp³-hybridized carbons (Fsp3) is 1.00. The second kappa shape index (κ2) is 4.14. The third kappa shape index (κ3) is 2.08. The number of likely N-dealkylation sites (N-methyl/N-ethyl adjacent to an activating group) is 1. The van der Waals surface area contributed by atoms with Crippen LogP contribution in [0.4, 0.5) is 0 Å². The number of hydrogen-bond acceptors (Lipinski definition) is 4. The van der Waals surface area contributed by atoms with E-state index in [4.69, 9.17) is 0 Å². The molecule has 1 saturated heterocycles. The molecule has 0 spiro atoms. The standard InChI is InChI=1S/C8H18N2O3S/c1-6(2)14(12,13)10(3)7-4-9-5-8(7)11/h6-9,11H,4-5H2,1-3H3. The van der Waals surface area contributed by atoms with Gasteiger partial charge in [0.2, 0.25) is 10.0 Å². The Bertz CT molecular complexity index is 289. The van der Waals surface area contributed by atoms with Crippen molar-refractivity contribution < 1.29 is 13.5 Å². The molecule has 0 radical (unpaired) electrons. The topological polar surface area (TPSA) is 69.6 Å². The highest BCUT2D eigenvalue weighted by Gasteiger charge is 2.35. The van der Waals surface area contributed by atoms with Gasteiger partial charge < -0.3 is 10.4 Å². The minimum atomic E-state index is -3.26. The minimum absolute atomic E-state index is 0.331. The number of hydrogen-bond donors (Lipinski definition) is 2. The second-order valence-electron chi connectivity index (χ2n) is 3.90. The SMILES string of the molecule is CC(C)S(=O)(=O)N(C)C1CNCC1O. The Balaban J connectivity index is 2.79. The van der Waals surface area contributed by atoms with Crippen LogP contribution in [0.5, 0.6) is 0 Å². The van der Waals surface area contributed by atoms with Crippen LogP contribution in [0.2, 0.25) is 0 Å². The molecule has 5 nitrogen and oxygen atoms in total. The van der Waals surface area contributed by atoms with Gasteiger partial charge in [-0.15, -0.1) is 0 Å². The summed E-state index contributed by atoms with van der Waals surface area (Å²) in [6, 6.07) is -0.331. The van der Waals surface area contributed by atoms with Crippen molar-refractivity contribution in [2.75, 3.05) is 20.1 Å². The Morgan fingerprint density at radius 2 is 2.00 bits per heavy atom. The van der Waals surface area contributed by atoms with Crippen molar-refractivity contribution in [1.29, 1.82) is 0 Å². The van der Waals surface area contributed by atoms with E-state index in [0.717, 1.165) is 0 Å². The van der Waals surface area contributed by atoms with Crippen LogP contribution in [0.3, 0.4) is 0 Å². The summed E-state index contributed by atoms with van der Waals surface area (Å²) in [5.41, 5.74) is 0. The predicted octanol–water partition coefficient (Wildman–Crippen LogP) is -1.01. The normalized spacial score (nSPS) is 29.0. The van der Waals surface area contributed by atoms with E-state index in [9.17, 15) is 13.5 Å². The van der Waals surface area contributed by atoms with Crippen LogP contribution in [0, 0.1) is 0 Å². The molecule has 6 heteroatoms. The Labute approximate surface area is 85.2 Å². The Kier molecular flexibility index (Phi) is 3.52. The quantitative estimate of drug-likeness (QED) is 0.642. The maximum atomic E-state index is 11.7. The number of β-amino-alcohol motifs (C(OH)–C–C–N with tert-alkyl or cyclic N) is 1. The maximum absolute atomic E-state index is 11.7. The molecule has 2 unspecified atom stereocenters. The molecule has 0 aromatic rings. The average Bonchev–Trinajstić information content (AvgIpc) is 2.49. The number of sulfonamides is 1. The van der Waals surface area contributed by atoms with E-state index in [2.05, 4.69) is 5.32 Å². The van der Waals surface area contributed by atoms with Crippen molar-refractivity contribution in [2.24, 2.45) is 0 Å². The van der Waals surface area contributed by atoms with Gasteiger partial charge in [0, 0.05) is 20.1 Å². The molecule has 2 N–H and O–H groups in total. The molecule has 1 fully saturated rings. The lowest BCUT2D eigenvalue weighted by molar-refractivity contribution is 0.136. The number of nitrogens with zero attached hydrogens (tertiary/aromatic N) is 1. The van der Waals surface area contributed by atoms with Gasteiger partial charge >= 0.3 is 0 Å². The van der Waals surface area contributed by atoms with Gasteiger partial charge in [-0.25, -0.2) is 8.42 Å². The average molecular weight is 222 g/mol. The summed E-state index contributed by atoms with van der Waals surface area (Å²) in [7, 11) is -1.74. The molecule has 1 rings (SSSR count). The largest absolute Gasteiger partial charge is 0.390 e. The molecule has 0 aliphatic carbocycles. The fourth-order valence-corrected chi connectivity index (χ4v) is 2.80. The smallest absolute Gasteiger partial charge is 0.216 e. The van der Waals surface area contributed by atoms with E-state index < -0.39 is 21.4 Å². The number of rotatable bonds is 3. The molecule has 1 heterocycles. The molecule has 14 heavy (non-hydrogen) atoms. The summed E-state index contributed by atoms with van der Waals surface area (Å²) < 4.78 is 24.8. The lowest BCUT2D eigenvalue weighted by Gasteiger charge is -2.27. The highest BCUT2D eigenvalue weighted by Crippen LogP contribution is 2.15. The predicted molar refractivity (Wildman–Crippen MR) is 54.5 cm³/mol. The van der Waals surface area contributed by atoms with Gasteiger partial charge in [0.25, 0.3) is 0 Å². The maximum Gasteiger partial charge on any atom is 0.216 e. The van der Waals surface area contributed by atoms with Gasteiger partial charge in [-0.05, 0) is 13.8 Å². The van der Waals surface area contributed by atoms with Crippen molar-refractivity contribution in [3.63, 3.8) is 0 Å². The lowest BCUT2D eigenvalue weighted by Crippen LogP contribution is -2.46. The lowest BCUT2D eigenvalue weighted by atomic mass is 10.2.